The third-order valence-electron chi connectivity index (χ3n) is 6.36. The number of amides is 1. The van der Waals surface area contributed by atoms with Crippen LogP contribution >= 0.6 is 0 Å². The fraction of sp³-hybridized carbons (Fsp3) is 0.345. The summed E-state index contributed by atoms with van der Waals surface area (Å²) in [6.07, 6.45) is -9.89. The van der Waals surface area contributed by atoms with Gasteiger partial charge in [0.2, 0.25) is 5.91 Å². The van der Waals surface area contributed by atoms with Crippen LogP contribution < -0.4 is 0 Å². The van der Waals surface area contributed by atoms with Gasteiger partial charge >= 0.3 is 12.4 Å². The van der Waals surface area contributed by atoms with Crippen LogP contribution in [-0.4, -0.2) is 56.0 Å². The van der Waals surface area contributed by atoms with Crippen LogP contribution in [0.4, 0.5) is 26.3 Å². The normalized spacial score (nSPS) is 13.1. The largest absolute Gasteiger partial charge is 0.416 e. The van der Waals surface area contributed by atoms with Gasteiger partial charge in [-0.2, -0.15) is 26.3 Å². The molecule has 0 aliphatic carbocycles. The lowest BCUT2D eigenvalue weighted by Gasteiger charge is -2.35. The van der Waals surface area contributed by atoms with Gasteiger partial charge < -0.3 is 9.64 Å². The van der Waals surface area contributed by atoms with Gasteiger partial charge in [-0.15, -0.1) is 0 Å². The molecule has 3 rings (SSSR count). The number of carbonyl (C=O) groups excluding carboxylic acids is 1. The second-order valence-electron chi connectivity index (χ2n) is 9.50. The number of benzene rings is 3. The van der Waals surface area contributed by atoms with Crippen LogP contribution in [0.5, 0.6) is 0 Å². The van der Waals surface area contributed by atoms with Crippen LogP contribution in [0.2, 0.25) is 0 Å². The molecule has 4 nitrogen and oxygen atoms in total. The molecule has 0 spiro atoms. The summed E-state index contributed by atoms with van der Waals surface area (Å²) in [6, 6.07) is 19.8. The molecule has 3 aromatic carbocycles. The summed E-state index contributed by atoms with van der Waals surface area (Å²) < 4.78 is 85.7. The number of carbonyl (C=O) groups is 1. The molecule has 0 aliphatic heterocycles. The minimum Gasteiger partial charge on any atom is -0.375 e. The van der Waals surface area contributed by atoms with Crippen LogP contribution in [0.25, 0.3) is 0 Å². The molecule has 0 fully saturated rings. The summed E-state index contributed by atoms with van der Waals surface area (Å²) in [5, 5.41) is 0. The lowest BCUT2D eigenvalue weighted by Crippen LogP contribution is -2.45. The standard InChI is InChI=1S/C29H30F6N2O2/c1-36(2)26(38)17-37(3)25(27(21-10-6-4-7-11-21)22-12-8-5-9-13-22)19-39-18-20-14-23(28(30,31)32)16-24(15-20)29(33,34)35/h4-16,25,27H,17-19H2,1-3H3. The summed E-state index contributed by atoms with van der Waals surface area (Å²) >= 11 is 0. The van der Waals surface area contributed by atoms with Crippen molar-refractivity contribution in [2.75, 3.05) is 34.3 Å². The monoisotopic (exact) mass is 552 g/mol. The van der Waals surface area contributed by atoms with Crippen LogP contribution in [0.1, 0.15) is 33.7 Å². The van der Waals surface area contributed by atoms with E-state index in [0.717, 1.165) is 11.1 Å². The van der Waals surface area contributed by atoms with Crippen LogP contribution in [0, 0.1) is 0 Å². The van der Waals surface area contributed by atoms with E-state index in [4.69, 9.17) is 4.74 Å². The number of hydrogen-bond donors (Lipinski definition) is 0. The maximum atomic E-state index is 13.3. The van der Waals surface area contributed by atoms with Crippen molar-refractivity contribution >= 4 is 5.91 Å². The average Bonchev–Trinajstić information content (AvgIpc) is 2.88. The molecule has 1 amide bonds. The molecule has 0 aromatic heterocycles. The number of nitrogens with zero attached hydrogens (tertiary/aromatic N) is 2. The lowest BCUT2D eigenvalue weighted by atomic mass is 9.84. The van der Waals surface area contributed by atoms with Gasteiger partial charge in [0.25, 0.3) is 0 Å². The molecule has 3 aromatic rings. The highest BCUT2D eigenvalue weighted by molar-refractivity contribution is 5.77. The smallest absolute Gasteiger partial charge is 0.375 e. The van der Waals surface area contributed by atoms with E-state index in [1.54, 1.807) is 26.0 Å². The lowest BCUT2D eigenvalue weighted by molar-refractivity contribution is -0.143. The molecule has 0 aliphatic rings. The summed E-state index contributed by atoms with van der Waals surface area (Å²) in [5.74, 6) is -0.477. The molecule has 0 saturated carbocycles. The molecule has 1 unspecified atom stereocenters. The Balaban J connectivity index is 1.95. The molecule has 39 heavy (non-hydrogen) atoms. The summed E-state index contributed by atoms with van der Waals surface area (Å²) in [4.78, 5) is 15.8. The first-order valence-corrected chi connectivity index (χ1v) is 12.1. The van der Waals surface area contributed by atoms with Gasteiger partial charge in [0.1, 0.15) is 0 Å². The second-order valence-corrected chi connectivity index (χ2v) is 9.50. The average molecular weight is 553 g/mol. The van der Waals surface area contributed by atoms with Crippen LogP contribution in [0.15, 0.2) is 78.9 Å². The van der Waals surface area contributed by atoms with Crippen molar-refractivity contribution in [3.8, 4) is 0 Å². The van der Waals surface area contributed by atoms with E-state index in [1.165, 1.54) is 4.90 Å². The van der Waals surface area contributed by atoms with E-state index in [9.17, 15) is 31.1 Å². The second kappa shape index (κ2) is 12.7. The van der Waals surface area contributed by atoms with E-state index in [-0.39, 0.29) is 36.6 Å². The first kappa shape index (κ1) is 30.2. The Morgan fingerprint density at radius 2 is 1.23 bits per heavy atom. The maximum absolute atomic E-state index is 13.3. The topological polar surface area (TPSA) is 32.8 Å². The Bertz CT molecular complexity index is 1140. The maximum Gasteiger partial charge on any atom is 0.416 e. The van der Waals surface area contributed by atoms with Gasteiger partial charge in [-0.25, -0.2) is 0 Å². The van der Waals surface area contributed by atoms with E-state index < -0.39 is 36.1 Å². The van der Waals surface area contributed by atoms with Gasteiger partial charge in [0.15, 0.2) is 0 Å². The Morgan fingerprint density at radius 1 is 0.769 bits per heavy atom. The number of ether oxygens (including phenoxy) is 1. The molecule has 0 heterocycles. The molecule has 0 N–H and O–H groups in total. The number of hydrogen-bond acceptors (Lipinski definition) is 3. The summed E-state index contributed by atoms with van der Waals surface area (Å²) in [7, 11) is 4.99. The fourth-order valence-corrected chi connectivity index (χ4v) is 4.31. The highest BCUT2D eigenvalue weighted by Crippen LogP contribution is 2.37. The minimum atomic E-state index is -4.95. The van der Waals surface area contributed by atoms with Crippen LogP contribution in [0.3, 0.4) is 0 Å². The summed E-state index contributed by atoms with van der Waals surface area (Å²) in [6.45, 7) is -0.516. The molecular formula is C29H30F6N2O2. The summed E-state index contributed by atoms with van der Waals surface area (Å²) in [5.41, 5.74) is -1.21. The van der Waals surface area contributed by atoms with Crippen molar-refractivity contribution in [3.05, 3.63) is 107 Å². The quantitative estimate of drug-likeness (QED) is 0.271. The van der Waals surface area contributed by atoms with Gasteiger partial charge in [-0.1, -0.05) is 60.7 Å². The van der Waals surface area contributed by atoms with Crippen molar-refractivity contribution in [3.63, 3.8) is 0 Å². The molecule has 1 atom stereocenters. The van der Waals surface area contributed by atoms with Crippen molar-refractivity contribution in [1.82, 2.24) is 9.80 Å². The Morgan fingerprint density at radius 3 is 1.64 bits per heavy atom. The Labute approximate surface area is 223 Å². The zero-order valence-electron chi connectivity index (χ0n) is 21.8. The van der Waals surface area contributed by atoms with Crippen molar-refractivity contribution < 1.29 is 35.9 Å². The molecule has 0 bridgehead atoms. The Kier molecular flexibility index (Phi) is 9.79. The highest BCUT2D eigenvalue weighted by Gasteiger charge is 2.37. The zero-order chi connectivity index (χ0) is 28.8. The van der Waals surface area contributed by atoms with Gasteiger partial charge in [0.05, 0.1) is 30.9 Å². The fourth-order valence-electron chi connectivity index (χ4n) is 4.31. The zero-order valence-corrected chi connectivity index (χ0v) is 21.8. The van der Waals surface area contributed by atoms with E-state index in [0.29, 0.717) is 12.1 Å². The van der Waals surface area contributed by atoms with Gasteiger partial charge in [-0.05, 0) is 41.9 Å². The first-order valence-electron chi connectivity index (χ1n) is 12.1. The SMILES string of the molecule is CN(C)C(=O)CN(C)C(COCc1cc(C(F)(F)F)cc(C(F)(F)F)c1)C(c1ccccc1)c1ccccc1. The number of likely N-dealkylation sites (N-methyl/N-ethyl adjacent to an activating group) is 2. The van der Waals surface area contributed by atoms with Crippen molar-refractivity contribution in [1.29, 1.82) is 0 Å². The minimum absolute atomic E-state index is 0.0268. The number of alkyl halides is 6. The Hall–Kier alpha value is -3.37. The third-order valence-corrected chi connectivity index (χ3v) is 6.36. The van der Waals surface area contributed by atoms with Crippen LogP contribution in [-0.2, 0) is 28.5 Å². The predicted molar refractivity (Wildman–Crippen MR) is 136 cm³/mol. The number of halogens is 6. The molecule has 0 saturated heterocycles. The number of rotatable bonds is 10. The highest BCUT2D eigenvalue weighted by atomic mass is 19.4. The van der Waals surface area contributed by atoms with E-state index in [1.807, 2.05) is 60.7 Å². The predicted octanol–water partition coefficient (Wildman–Crippen LogP) is 6.46. The molecule has 10 heteroatoms. The van der Waals surface area contributed by atoms with E-state index in [2.05, 4.69) is 0 Å². The van der Waals surface area contributed by atoms with Gasteiger partial charge in [0, 0.05) is 26.1 Å². The van der Waals surface area contributed by atoms with Crippen molar-refractivity contribution in [2.24, 2.45) is 0 Å². The third kappa shape index (κ3) is 8.31. The first-order chi connectivity index (χ1) is 18.3. The molecule has 210 valence electrons. The van der Waals surface area contributed by atoms with Crippen molar-refractivity contribution in [2.45, 2.75) is 30.9 Å². The molecular weight excluding hydrogens is 522 g/mol. The van der Waals surface area contributed by atoms with E-state index >= 15 is 0 Å². The van der Waals surface area contributed by atoms with Gasteiger partial charge in [-0.3, -0.25) is 9.69 Å². The molecule has 0 radical (unpaired) electrons.